The maximum absolute atomic E-state index is 12.8. The molecule has 3 rings (SSSR count). The predicted molar refractivity (Wildman–Crippen MR) is 125 cm³/mol. The molecule has 32 heavy (non-hydrogen) atoms. The molecule has 1 atom stereocenters. The van der Waals surface area contributed by atoms with Crippen molar-refractivity contribution in [2.24, 2.45) is 5.41 Å². The van der Waals surface area contributed by atoms with Crippen LogP contribution in [0.5, 0.6) is 0 Å². The third-order valence-electron chi connectivity index (χ3n) is 5.76. The number of aryl methyl sites for hydroxylation is 1. The van der Waals surface area contributed by atoms with Gasteiger partial charge in [-0.2, -0.15) is 0 Å². The first-order chi connectivity index (χ1) is 14.3. The van der Waals surface area contributed by atoms with E-state index >= 15 is 0 Å². The molecule has 8 nitrogen and oxygen atoms in total. The number of methoxy groups -OCH3 is 1. The minimum absolute atomic E-state index is 0. The van der Waals surface area contributed by atoms with Gasteiger partial charge in [-0.05, 0) is 57.6 Å². The van der Waals surface area contributed by atoms with Crippen LogP contribution in [0, 0.1) is 12.3 Å². The van der Waals surface area contributed by atoms with Crippen molar-refractivity contribution < 1.29 is 24.2 Å². The molecule has 172 valence electrons. The van der Waals surface area contributed by atoms with Crippen LogP contribution in [0.2, 0.25) is 0 Å². The Labute approximate surface area is 211 Å². The van der Waals surface area contributed by atoms with E-state index in [1.807, 2.05) is 27.7 Å². The zero-order chi connectivity index (χ0) is 23.1. The van der Waals surface area contributed by atoms with Crippen LogP contribution in [0.3, 0.4) is 0 Å². The van der Waals surface area contributed by atoms with E-state index in [0.29, 0.717) is 11.2 Å². The number of carbonyl (C=O) groups is 2. The Bertz CT molecular complexity index is 999. The number of hydrogen-bond donors (Lipinski definition) is 1. The topological polar surface area (TPSA) is 93.4 Å². The molecule has 0 aromatic carbocycles. The van der Waals surface area contributed by atoms with Gasteiger partial charge in [-0.15, -0.1) is 0 Å². The Balaban J connectivity index is 0.00000363. The molecular weight excluding hydrogens is 421 g/mol. The molecule has 0 unspecified atom stereocenters. The zero-order valence-electron chi connectivity index (χ0n) is 19.5. The second kappa shape index (κ2) is 9.71. The summed E-state index contributed by atoms with van der Waals surface area (Å²) in [6, 6.07) is 1.79. The Morgan fingerprint density at radius 3 is 2.31 bits per heavy atom. The molecule has 0 bridgehead atoms. The normalized spacial score (nSPS) is 17.0. The average molecular weight is 456 g/mol. The Kier molecular flexibility index (Phi) is 8.08. The standard InChI is InChI=1S/C23H33N3O5.Na.H/c1-14-12-16-24-15(20(27)28)13-26(16)19(25-10-8-23(5,6)9-11-25)17(14)18(21(29)30-7)31-22(2,3)4;;/h12-13,18H,8-11H2,1-7H3,(H,27,28);;/t18-;;/m0../s1. The summed E-state index contributed by atoms with van der Waals surface area (Å²) in [5.74, 6) is -0.844. The number of hydrogen-bond acceptors (Lipinski definition) is 6. The van der Waals surface area contributed by atoms with Crippen molar-refractivity contribution >= 4 is 53.0 Å². The number of fused-ring (bicyclic) bond motifs is 1. The van der Waals surface area contributed by atoms with Crippen molar-refractivity contribution in [2.45, 2.75) is 66.1 Å². The number of aromatic carboxylic acids is 1. The first kappa shape index (κ1) is 26.6. The van der Waals surface area contributed by atoms with Gasteiger partial charge in [0.1, 0.15) is 11.5 Å². The molecule has 0 aliphatic carbocycles. The molecule has 1 fully saturated rings. The van der Waals surface area contributed by atoms with Crippen LogP contribution in [-0.4, -0.2) is 81.8 Å². The van der Waals surface area contributed by atoms with E-state index in [1.165, 1.54) is 13.3 Å². The second-order valence-corrected chi connectivity index (χ2v) is 10.0. The molecule has 1 saturated heterocycles. The van der Waals surface area contributed by atoms with Crippen molar-refractivity contribution in [3.8, 4) is 0 Å². The molecule has 2 aromatic rings. The number of aromatic nitrogens is 2. The molecule has 0 radical (unpaired) electrons. The number of imidazole rings is 1. The van der Waals surface area contributed by atoms with E-state index in [-0.39, 0.29) is 40.7 Å². The number of anilines is 1. The van der Waals surface area contributed by atoms with Crippen molar-refractivity contribution in [3.05, 3.63) is 29.1 Å². The molecule has 0 saturated carbocycles. The summed E-state index contributed by atoms with van der Waals surface area (Å²) in [5, 5.41) is 9.49. The van der Waals surface area contributed by atoms with Gasteiger partial charge in [0.15, 0.2) is 11.8 Å². The monoisotopic (exact) mass is 455 g/mol. The van der Waals surface area contributed by atoms with Crippen LogP contribution in [0.25, 0.3) is 5.65 Å². The number of pyridine rings is 1. The van der Waals surface area contributed by atoms with Gasteiger partial charge in [-0.3, -0.25) is 4.40 Å². The van der Waals surface area contributed by atoms with Crippen LogP contribution < -0.4 is 4.90 Å². The third kappa shape index (κ3) is 5.65. The molecule has 1 aliphatic heterocycles. The molecule has 9 heteroatoms. The second-order valence-electron chi connectivity index (χ2n) is 10.0. The summed E-state index contributed by atoms with van der Waals surface area (Å²) in [4.78, 5) is 30.9. The van der Waals surface area contributed by atoms with Crippen LogP contribution in [0.4, 0.5) is 5.82 Å². The molecule has 3 heterocycles. The zero-order valence-corrected chi connectivity index (χ0v) is 19.5. The number of ether oxygens (including phenoxy) is 2. The van der Waals surface area contributed by atoms with E-state index in [2.05, 4.69) is 23.7 Å². The first-order valence-corrected chi connectivity index (χ1v) is 10.6. The molecule has 1 N–H and O–H groups in total. The van der Waals surface area contributed by atoms with Gasteiger partial charge >= 0.3 is 41.5 Å². The van der Waals surface area contributed by atoms with Gasteiger partial charge < -0.3 is 19.5 Å². The van der Waals surface area contributed by atoms with E-state index < -0.39 is 23.6 Å². The average Bonchev–Trinajstić information content (AvgIpc) is 3.08. The number of carboxylic acids is 1. The number of esters is 1. The van der Waals surface area contributed by atoms with Gasteiger partial charge in [0.05, 0.1) is 12.7 Å². The van der Waals surface area contributed by atoms with Crippen molar-refractivity contribution in [2.75, 3.05) is 25.1 Å². The van der Waals surface area contributed by atoms with Gasteiger partial charge in [-0.25, -0.2) is 14.6 Å². The van der Waals surface area contributed by atoms with Crippen molar-refractivity contribution in [1.29, 1.82) is 0 Å². The molecule has 1 aliphatic rings. The minimum atomic E-state index is -1.09. The van der Waals surface area contributed by atoms with E-state index in [1.54, 1.807) is 10.5 Å². The number of carbonyl (C=O) groups excluding carboxylic acids is 1. The Morgan fingerprint density at radius 1 is 1.22 bits per heavy atom. The fourth-order valence-corrected chi connectivity index (χ4v) is 4.00. The number of nitrogens with zero attached hydrogens (tertiary/aromatic N) is 3. The fourth-order valence-electron chi connectivity index (χ4n) is 4.00. The quantitative estimate of drug-likeness (QED) is 0.546. The van der Waals surface area contributed by atoms with E-state index in [9.17, 15) is 14.7 Å². The van der Waals surface area contributed by atoms with Crippen LogP contribution >= 0.6 is 0 Å². The van der Waals surface area contributed by atoms with Gasteiger partial charge in [0, 0.05) is 24.8 Å². The van der Waals surface area contributed by atoms with Crippen molar-refractivity contribution in [3.63, 3.8) is 0 Å². The van der Waals surface area contributed by atoms with E-state index in [0.717, 1.165) is 37.3 Å². The molecule has 0 spiro atoms. The van der Waals surface area contributed by atoms with Crippen LogP contribution in [0.15, 0.2) is 12.3 Å². The summed E-state index contributed by atoms with van der Waals surface area (Å²) < 4.78 is 13.0. The van der Waals surface area contributed by atoms with Gasteiger partial charge in [0.25, 0.3) is 0 Å². The Morgan fingerprint density at radius 2 is 1.81 bits per heavy atom. The number of piperidine rings is 1. The van der Waals surface area contributed by atoms with Gasteiger partial charge in [0.2, 0.25) is 0 Å². The summed E-state index contributed by atoms with van der Waals surface area (Å²) in [6.07, 6.45) is 2.52. The maximum atomic E-state index is 12.8. The van der Waals surface area contributed by atoms with E-state index in [4.69, 9.17) is 9.47 Å². The summed E-state index contributed by atoms with van der Waals surface area (Å²) >= 11 is 0. The van der Waals surface area contributed by atoms with Crippen LogP contribution in [0.1, 0.15) is 75.2 Å². The SMILES string of the molecule is COC(=O)[C@@H](OC(C)(C)C)c1c(C)cc2nc(C(=O)O)cn2c1N1CCC(C)(C)CC1.[NaH]. The van der Waals surface area contributed by atoms with Crippen molar-refractivity contribution in [1.82, 2.24) is 9.38 Å². The fraction of sp³-hybridized carbons (Fsp3) is 0.609. The first-order valence-electron chi connectivity index (χ1n) is 10.6. The number of rotatable bonds is 5. The summed E-state index contributed by atoms with van der Waals surface area (Å²) in [5.41, 5.74) is 1.60. The summed E-state index contributed by atoms with van der Waals surface area (Å²) in [7, 11) is 1.35. The van der Waals surface area contributed by atoms with Crippen LogP contribution in [-0.2, 0) is 14.3 Å². The molecular formula is C23H34N3NaO5. The van der Waals surface area contributed by atoms with Gasteiger partial charge in [-0.1, -0.05) is 13.8 Å². The predicted octanol–water partition coefficient (Wildman–Crippen LogP) is 3.35. The Hall–Kier alpha value is -1.61. The third-order valence-corrected chi connectivity index (χ3v) is 5.76. The molecule has 2 aromatic heterocycles. The summed E-state index contributed by atoms with van der Waals surface area (Å²) in [6.45, 7) is 13.6. The number of carboxylic acid groups (broad SMARTS) is 1. The molecule has 0 amide bonds.